The maximum Gasteiger partial charge on any atom is 0.257 e. The second-order valence-electron chi connectivity index (χ2n) is 7.95. The van der Waals surface area contributed by atoms with Gasteiger partial charge < -0.3 is 20.7 Å². The van der Waals surface area contributed by atoms with Crippen molar-refractivity contribution < 1.29 is 27.9 Å². The zero-order chi connectivity index (χ0) is 26.1. The van der Waals surface area contributed by atoms with E-state index in [1.54, 1.807) is 13.8 Å². The van der Waals surface area contributed by atoms with Gasteiger partial charge in [-0.2, -0.15) is 0 Å². The number of anilines is 3. The molecule has 1 aliphatic carbocycles. The summed E-state index contributed by atoms with van der Waals surface area (Å²) in [6.45, 7) is 5.06. The fourth-order valence-electron chi connectivity index (χ4n) is 3.38. The Kier molecular flexibility index (Phi) is 8.26. The highest BCUT2D eigenvalue weighted by atomic mass is 35.5. The van der Waals surface area contributed by atoms with Crippen molar-refractivity contribution in [3.63, 3.8) is 0 Å². The molecular weight excluding hydrogens is 527 g/mol. The minimum Gasteiger partial charge on any atom is -0.369 e. The fourth-order valence-corrected chi connectivity index (χ4v) is 4.29. The molecule has 3 atom stereocenters. The molecule has 188 valence electrons. The van der Waals surface area contributed by atoms with Gasteiger partial charge in [-0.3, -0.25) is 14.4 Å². The lowest BCUT2D eigenvalue weighted by atomic mass is 10.1. The van der Waals surface area contributed by atoms with Crippen LogP contribution in [0.3, 0.4) is 0 Å². The lowest BCUT2D eigenvalue weighted by Crippen LogP contribution is -2.28. The summed E-state index contributed by atoms with van der Waals surface area (Å²) in [4.78, 5) is 37.3. The Morgan fingerprint density at radius 1 is 1.11 bits per heavy atom. The Balaban J connectivity index is 1.78. The Hall–Kier alpha value is -2.46. The third kappa shape index (κ3) is 5.86. The van der Waals surface area contributed by atoms with Crippen molar-refractivity contribution in [1.29, 1.82) is 0 Å². The van der Waals surface area contributed by atoms with Crippen LogP contribution in [0.4, 0.5) is 25.8 Å². The molecule has 2 aromatic carbocycles. The summed E-state index contributed by atoms with van der Waals surface area (Å²) in [7, 11) is 0. The Morgan fingerprint density at radius 3 is 2.37 bits per heavy atom. The van der Waals surface area contributed by atoms with E-state index in [9.17, 15) is 23.2 Å². The van der Waals surface area contributed by atoms with Gasteiger partial charge >= 0.3 is 0 Å². The number of hydrogen-bond acceptors (Lipinski definition) is 4. The molecule has 12 heteroatoms. The van der Waals surface area contributed by atoms with E-state index in [1.807, 2.05) is 0 Å². The molecule has 3 N–H and O–H groups in total. The van der Waals surface area contributed by atoms with Crippen LogP contribution >= 0.6 is 34.8 Å². The maximum atomic E-state index is 15.0. The van der Waals surface area contributed by atoms with Gasteiger partial charge in [-0.05, 0) is 44.2 Å². The topological polar surface area (TPSA) is 96.5 Å². The van der Waals surface area contributed by atoms with Crippen LogP contribution in [-0.2, 0) is 14.3 Å². The number of rotatable bonds is 8. The van der Waals surface area contributed by atoms with Crippen molar-refractivity contribution in [2.24, 2.45) is 11.8 Å². The van der Waals surface area contributed by atoms with Crippen LogP contribution in [0.25, 0.3) is 0 Å². The van der Waals surface area contributed by atoms with E-state index in [0.29, 0.717) is 0 Å². The van der Waals surface area contributed by atoms with Gasteiger partial charge in [-0.1, -0.05) is 18.5 Å². The number of amides is 3. The number of hydrogen-bond donors (Lipinski definition) is 3. The van der Waals surface area contributed by atoms with Crippen molar-refractivity contribution in [2.45, 2.75) is 31.2 Å². The first kappa shape index (κ1) is 27.1. The molecule has 0 bridgehead atoms. The number of benzene rings is 2. The average Bonchev–Trinajstić information content (AvgIpc) is 3.30. The zero-order valence-electron chi connectivity index (χ0n) is 18.8. The first-order chi connectivity index (χ1) is 16.4. The first-order valence-corrected chi connectivity index (χ1v) is 11.7. The molecule has 7 nitrogen and oxygen atoms in total. The lowest BCUT2D eigenvalue weighted by molar-refractivity contribution is -0.126. The standard InChI is InChI=1S/C23H22Cl3F2N3O4/c1-4-35-11(3)20(32)31-19-15(27)7-8-16(18(19)28)30-21(33)13-9-12(5-6-14(13)24)29-22(34)17-10(2)23(17,25)26/h5-11,17H,4H2,1-3H3,(H,29,34)(H,30,33)(H,31,32). The van der Waals surface area contributed by atoms with Crippen LogP contribution in [0.2, 0.25) is 5.02 Å². The SMILES string of the molecule is CCOC(C)C(=O)Nc1c(F)ccc(NC(=O)c2cc(NC(=O)C3C(C)C3(Cl)Cl)ccc2Cl)c1F. The summed E-state index contributed by atoms with van der Waals surface area (Å²) in [5, 5.41) is 7.06. The summed E-state index contributed by atoms with van der Waals surface area (Å²) < 4.78 is 33.1. The normalized spacial score (nSPS) is 19.0. The number of alkyl halides is 2. The second kappa shape index (κ2) is 10.7. The molecule has 1 aliphatic rings. The molecule has 1 fully saturated rings. The van der Waals surface area contributed by atoms with Crippen LogP contribution in [0.1, 0.15) is 31.1 Å². The van der Waals surface area contributed by atoms with Gasteiger partial charge in [0.15, 0.2) is 5.82 Å². The molecule has 3 unspecified atom stereocenters. The van der Waals surface area contributed by atoms with Crippen LogP contribution in [0.5, 0.6) is 0 Å². The first-order valence-electron chi connectivity index (χ1n) is 10.6. The molecule has 0 aliphatic heterocycles. The Morgan fingerprint density at radius 2 is 1.77 bits per heavy atom. The van der Waals surface area contributed by atoms with Gasteiger partial charge in [0.2, 0.25) is 5.91 Å². The highest BCUT2D eigenvalue weighted by molar-refractivity contribution is 6.53. The monoisotopic (exact) mass is 547 g/mol. The Labute approximate surface area is 215 Å². The van der Waals surface area contributed by atoms with Gasteiger partial charge in [0.05, 0.1) is 22.2 Å². The van der Waals surface area contributed by atoms with Gasteiger partial charge in [0.1, 0.15) is 21.9 Å². The van der Waals surface area contributed by atoms with Crippen LogP contribution in [0, 0.1) is 23.5 Å². The van der Waals surface area contributed by atoms with E-state index >= 15 is 0 Å². The number of carbonyl (C=O) groups is 3. The summed E-state index contributed by atoms with van der Waals surface area (Å²) >= 11 is 18.2. The molecule has 35 heavy (non-hydrogen) atoms. The van der Waals surface area contributed by atoms with E-state index in [-0.39, 0.29) is 28.8 Å². The van der Waals surface area contributed by atoms with Crippen molar-refractivity contribution in [1.82, 2.24) is 0 Å². The second-order valence-corrected chi connectivity index (χ2v) is 9.80. The third-order valence-corrected chi connectivity index (χ3v) is 7.04. The average molecular weight is 549 g/mol. The van der Waals surface area contributed by atoms with Crippen molar-refractivity contribution >= 4 is 69.6 Å². The number of ether oxygens (including phenoxy) is 1. The summed E-state index contributed by atoms with van der Waals surface area (Å²) in [6.07, 6.45) is -0.949. The number of carbonyl (C=O) groups excluding carboxylic acids is 3. The minimum atomic E-state index is -1.20. The van der Waals surface area contributed by atoms with E-state index in [2.05, 4.69) is 16.0 Å². The van der Waals surface area contributed by atoms with Crippen molar-refractivity contribution in [2.75, 3.05) is 22.6 Å². The van der Waals surface area contributed by atoms with E-state index in [0.717, 1.165) is 12.1 Å². The zero-order valence-corrected chi connectivity index (χ0v) is 21.1. The largest absolute Gasteiger partial charge is 0.369 e. The fraction of sp³-hybridized carbons (Fsp3) is 0.348. The van der Waals surface area contributed by atoms with Crippen LogP contribution in [0.15, 0.2) is 30.3 Å². The molecule has 3 amide bonds. The highest BCUT2D eigenvalue weighted by Gasteiger charge is 2.64. The molecule has 0 saturated heterocycles. The van der Waals surface area contributed by atoms with Gasteiger partial charge in [0.25, 0.3) is 11.8 Å². The highest BCUT2D eigenvalue weighted by Crippen LogP contribution is 2.59. The summed E-state index contributed by atoms with van der Waals surface area (Å²) in [5.41, 5.74) is -0.987. The molecule has 1 saturated carbocycles. The smallest absolute Gasteiger partial charge is 0.257 e. The van der Waals surface area contributed by atoms with E-state index in [4.69, 9.17) is 39.5 Å². The Bertz CT molecular complexity index is 1180. The van der Waals surface area contributed by atoms with E-state index < -0.39 is 57.1 Å². The van der Waals surface area contributed by atoms with Gasteiger partial charge in [0, 0.05) is 18.2 Å². The predicted molar refractivity (Wildman–Crippen MR) is 131 cm³/mol. The van der Waals surface area contributed by atoms with E-state index in [1.165, 1.54) is 25.1 Å². The summed E-state index contributed by atoms with van der Waals surface area (Å²) in [6, 6.07) is 6.03. The lowest BCUT2D eigenvalue weighted by Gasteiger charge is -2.15. The molecule has 0 aromatic heterocycles. The third-order valence-electron chi connectivity index (χ3n) is 5.55. The molecule has 2 aromatic rings. The van der Waals surface area contributed by atoms with Crippen LogP contribution < -0.4 is 16.0 Å². The van der Waals surface area contributed by atoms with Crippen molar-refractivity contribution in [3.8, 4) is 0 Å². The quantitative estimate of drug-likeness (QED) is 0.374. The molecular formula is C23H22Cl3F2N3O4. The molecule has 0 heterocycles. The van der Waals surface area contributed by atoms with Crippen molar-refractivity contribution in [3.05, 3.63) is 52.6 Å². The number of halogens is 5. The summed E-state index contributed by atoms with van der Waals surface area (Å²) in [5.74, 6) is -5.12. The maximum absolute atomic E-state index is 15.0. The van der Waals surface area contributed by atoms with Crippen LogP contribution in [-0.4, -0.2) is 34.8 Å². The molecule has 0 radical (unpaired) electrons. The predicted octanol–water partition coefficient (Wildman–Crippen LogP) is 5.61. The minimum absolute atomic E-state index is 0.0194. The molecule has 0 spiro atoms. The van der Waals surface area contributed by atoms with Gasteiger partial charge in [-0.15, -0.1) is 23.2 Å². The number of nitrogens with one attached hydrogen (secondary N) is 3. The van der Waals surface area contributed by atoms with Gasteiger partial charge in [-0.25, -0.2) is 8.78 Å². The molecule has 3 rings (SSSR count).